The third-order valence-electron chi connectivity index (χ3n) is 4.57. The Balaban J connectivity index is 1.71. The number of aromatic amines is 1. The summed E-state index contributed by atoms with van der Waals surface area (Å²) in [5, 5.41) is 35.6. The largest absolute Gasteiger partial charge is 0.504 e. The number of benzene rings is 2. The van der Waals surface area contributed by atoms with Gasteiger partial charge in [0.2, 0.25) is 0 Å². The summed E-state index contributed by atoms with van der Waals surface area (Å²) in [6.45, 7) is 1.60. The summed E-state index contributed by atoms with van der Waals surface area (Å²) in [4.78, 5) is 25.0. The molecule has 1 unspecified atom stereocenters. The van der Waals surface area contributed by atoms with Gasteiger partial charge in [-0.1, -0.05) is 12.1 Å². The highest BCUT2D eigenvalue weighted by Crippen LogP contribution is 2.37. The first kappa shape index (κ1) is 17.4. The first-order chi connectivity index (χ1) is 13.4. The number of rotatable bonds is 3. The Morgan fingerprint density at radius 3 is 2.86 bits per heavy atom. The fraction of sp³-hybridized carbons (Fsp3) is 0.105. The normalized spacial score (nSPS) is 16.6. The van der Waals surface area contributed by atoms with Gasteiger partial charge in [-0.15, -0.1) is 0 Å². The van der Waals surface area contributed by atoms with Crippen LogP contribution in [0.4, 0.5) is 10.5 Å². The van der Waals surface area contributed by atoms with E-state index in [2.05, 4.69) is 26.1 Å². The van der Waals surface area contributed by atoms with E-state index in [9.17, 15) is 19.8 Å². The maximum Gasteiger partial charge on any atom is 0.319 e. The van der Waals surface area contributed by atoms with Crippen molar-refractivity contribution in [2.24, 2.45) is 0 Å². The number of nitrogens with one attached hydrogen (secondary N) is 4. The van der Waals surface area contributed by atoms with Crippen molar-refractivity contribution in [3.63, 3.8) is 0 Å². The lowest BCUT2D eigenvalue weighted by molar-refractivity contribution is -0.113. The van der Waals surface area contributed by atoms with Gasteiger partial charge < -0.3 is 26.2 Å². The van der Waals surface area contributed by atoms with Crippen LogP contribution in [-0.4, -0.2) is 32.3 Å². The molecule has 0 radical (unpaired) electrons. The number of amides is 3. The van der Waals surface area contributed by atoms with Crippen molar-refractivity contribution in [2.45, 2.75) is 13.0 Å². The van der Waals surface area contributed by atoms with Crippen molar-refractivity contribution in [3.05, 3.63) is 59.4 Å². The molecule has 3 aromatic rings. The second kappa shape index (κ2) is 6.62. The molecule has 1 aliphatic heterocycles. The number of aromatic nitrogens is 2. The van der Waals surface area contributed by atoms with Gasteiger partial charge in [0.05, 0.1) is 23.3 Å². The van der Waals surface area contributed by atoms with E-state index in [1.54, 1.807) is 31.3 Å². The van der Waals surface area contributed by atoms with Crippen LogP contribution in [0.25, 0.3) is 10.9 Å². The van der Waals surface area contributed by atoms with Gasteiger partial charge in [-0.25, -0.2) is 4.79 Å². The molecule has 0 spiro atoms. The van der Waals surface area contributed by atoms with Crippen LogP contribution in [0.1, 0.15) is 18.5 Å². The minimum atomic E-state index is -0.932. The standard InChI is InChI=1S/C19H17N5O4/c1-9-15(18(27)22-11-5-6-13-10(7-11)8-20-24-13)16(23-19(28)21-9)12-3-2-4-14(25)17(12)26/h2-8,16,25-26H,1H3,(H,20,24)(H,22,27)(H2,21,23,28). The minimum Gasteiger partial charge on any atom is -0.504 e. The highest BCUT2D eigenvalue weighted by atomic mass is 16.3. The molecule has 2 heterocycles. The van der Waals surface area contributed by atoms with Crippen LogP contribution >= 0.6 is 0 Å². The number of aromatic hydroxyl groups is 2. The smallest absolute Gasteiger partial charge is 0.319 e. The third kappa shape index (κ3) is 2.98. The van der Waals surface area contributed by atoms with Gasteiger partial charge in [-0.05, 0) is 31.2 Å². The second-order valence-electron chi connectivity index (χ2n) is 6.41. The molecular weight excluding hydrogens is 362 g/mol. The molecule has 1 aromatic heterocycles. The molecule has 6 N–H and O–H groups in total. The zero-order chi connectivity index (χ0) is 19.8. The van der Waals surface area contributed by atoms with Crippen LogP contribution < -0.4 is 16.0 Å². The maximum atomic E-state index is 13.0. The van der Waals surface area contributed by atoms with E-state index in [1.165, 1.54) is 18.2 Å². The van der Waals surface area contributed by atoms with Crippen molar-refractivity contribution in [1.82, 2.24) is 20.8 Å². The Bertz CT molecular complexity index is 1130. The highest BCUT2D eigenvalue weighted by Gasteiger charge is 2.33. The number of hydrogen-bond acceptors (Lipinski definition) is 5. The zero-order valence-electron chi connectivity index (χ0n) is 14.8. The van der Waals surface area contributed by atoms with E-state index in [0.717, 1.165) is 10.9 Å². The number of carbonyl (C=O) groups excluding carboxylic acids is 2. The molecule has 9 heteroatoms. The topological polar surface area (TPSA) is 139 Å². The second-order valence-corrected chi connectivity index (χ2v) is 6.41. The van der Waals surface area contributed by atoms with E-state index in [0.29, 0.717) is 11.4 Å². The molecule has 0 fully saturated rings. The van der Waals surface area contributed by atoms with E-state index >= 15 is 0 Å². The lowest BCUT2D eigenvalue weighted by Crippen LogP contribution is -2.46. The van der Waals surface area contributed by atoms with Gasteiger partial charge in [0.15, 0.2) is 11.5 Å². The number of phenolic OH excluding ortho intramolecular Hbond substituents is 2. The summed E-state index contributed by atoms with van der Waals surface area (Å²) < 4.78 is 0. The molecule has 0 saturated carbocycles. The van der Waals surface area contributed by atoms with Gasteiger partial charge in [0.25, 0.3) is 5.91 Å². The Hall–Kier alpha value is -4.01. The minimum absolute atomic E-state index is 0.213. The third-order valence-corrected chi connectivity index (χ3v) is 4.57. The molecule has 1 aliphatic rings. The number of allylic oxidation sites excluding steroid dienone is 1. The van der Waals surface area contributed by atoms with Gasteiger partial charge in [0, 0.05) is 22.3 Å². The number of anilines is 1. The average Bonchev–Trinajstić information content (AvgIpc) is 3.11. The van der Waals surface area contributed by atoms with Crippen LogP contribution in [-0.2, 0) is 4.79 Å². The lowest BCUT2D eigenvalue weighted by Gasteiger charge is -2.29. The number of phenols is 2. The Kier molecular flexibility index (Phi) is 4.11. The quantitative estimate of drug-likeness (QED) is 0.387. The molecule has 9 nitrogen and oxygen atoms in total. The molecule has 0 bridgehead atoms. The van der Waals surface area contributed by atoms with E-state index < -0.39 is 23.7 Å². The first-order valence-electron chi connectivity index (χ1n) is 8.47. The number of nitrogens with zero attached hydrogens (tertiary/aromatic N) is 1. The number of urea groups is 1. The molecule has 0 aliphatic carbocycles. The summed E-state index contributed by atoms with van der Waals surface area (Å²) in [6, 6.07) is 8.21. The van der Waals surface area contributed by atoms with Crippen LogP contribution in [0.15, 0.2) is 53.9 Å². The number of hydrogen-bond donors (Lipinski definition) is 6. The fourth-order valence-corrected chi connectivity index (χ4v) is 3.23. The van der Waals surface area contributed by atoms with Crippen molar-refractivity contribution < 1.29 is 19.8 Å². The average molecular weight is 379 g/mol. The monoisotopic (exact) mass is 379 g/mol. The van der Waals surface area contributed by atoms with Crippen LogP contribution in [0.5, 0.6) is 11.5 Å². The fourth-order valence-electron chi connectivity index (χ4n) is 3.23. The van der Waals surface area contributed by atoms with Crippen molar-refractivity contribution >= 4 is 28.5 Å². The van der Waals surface area contributed by atoms with Gasteiger partial charge in [-0.3, -0.25) is 9.89 Å². The number of fused-ring (bicyclic) bond motifs is 1. The zero-order valence-corrected chi connectivity index (χ0v) is 14.8. The molecule has 3 amide bonds. The molecule has 28 heavy (non-hydrogen) atoms. The Morgan fingerprint density at radius 2 is 2.04 bits per heavy atom. The maximum absolute atomic E-state index is 13.0. The first-order valence-corrected chi connectivity index (χ1v) is 8.47. The molecule has 142 valence electrons. The van der Waals surface area contributed by atoms with E-state index in [1.807, 2.05) is 0 Å². The highest BCUT2D eigenvalue weighted by molar-refractivity contribution is 6.07. The summed E-state index contributed by atoms with van der Waals surface area (Å²) in [5.74, 6) is -1.19. The van der Waals surface area contributed by atoms with E-state index in [-0.39, 0.29) is 16.9 Å². The Labute approximate surface area is 159 Å². The molecule has 2 aromatic carbocycles. The number of carbonyl (C=O) groups is 2. The van der Waals surface area contributed by atoms with Crippen molar-refractivity contribution in [1.29, 1.82) is 0 Å². The van der Waals surface area contributed by atoms with Gasteiger partial charge in [-0.2, -0.15) is 5.10 Å². The molecule has 4 rings (SSSR count). The van der Waals surface area contributed by atoms with Crippen LogP contribution in [0.3, 0.4) is 0 Å². The van der Waals surface area contributed by atoms with Crippen LogP contribution in [0, 0.1) is 0 Å². The predicted octanol–water partition coefficient (Wildman–Crippen LogP) is 2.24. The lowest BCUT2D eigenvalue weighted by atomic mass is 9.94. The van der Waals surface area contributed by atoms with E-state index in [4.69, 9.17) is 0 Å². The molecule has 1 atom stereocenters. The summed E-state index contributed by atoms with van der Waals surface area (Å²) in [7, 11) is 0. The number of H-pyrrole nitrogens is 1. The van der Waals surface area contributed by atoms with Crippen LogP contribution in [0.2, 0.25) is 0 Å². The molecular formula is C19H17N5O4. The van der Waals surface area contributed by atoms with Crippen molar-refractivity contribution in [2.75, 3.05) is 5.32 Å². The number of para-hydroxylation sites is 1. The molecule has 0 saturated heterocycles. The predicted molar refractivity (Wildman–Crippen MR) is 102 cm³/mol. The SMILES string of the molecule is CC1=C(C(=O)Nc2ccc3[nH]ncc3c2)C(c2cccc(O)c2O)NC(=O)N1. The van der Waals surface area contributed by atoms with Gasteiger partial charge >= 0.3 is 6.03 Å². The summed E-state index contributed by atoms with van der Waals surface area (Å²) >= 11 is 0. The summed E-state index contributed by atoms with van der Waals surface area (Å²) in [5.41, 5.74) is 2.16. The van der Waals surface area contributed by atoms with Crippen molar-refractivity contribution in [3.8, 4) is 11.5 Å². The van der Waals surface area contributed by atoms with Gasteiger partial charge in [0.1, 0.15) is 0 Å². The Morgan fingerprint density at radius 1 is 1.21 bits per heavy atom. The summed E-state index contributed by atoms with van der Waals surface area (Å²) in [6.07, 6.45) is 1.64.